The third-order valence-corrected chi connectivity index (χ3v) is 11.8. The monoisotopic (exact) mass is 676 g/mol. The van der Waals surface area contributed by atoms with E-state index in [9.17, 15) is 0 Å². The Morgan fingerprint density at radius 2 is 1.12 bits per heavy atom. The van der Waals surface area contributed by atoms with Gasteiger partial charge in [-0.05, 0) is 119 Å². The lowest BCUT2D eigenvalue weighted by Crippen LogP contribution is -2.48. The van der Waals surface area contributed by atoms with Crippen molar-refractivity contribution in [3.63, 3.8) is 0 Å². The van der Waals surface area contributed by atoms with Gasteiger partial charge in [0.05, 0.1) is 28.0 Å². The van der Waals surface area contributed by atoms with Crippen LogP contribution in [0.5, 0.6) is 11.5 Å². The summed E-state index contributed by atoms with van der Waals surface area (Å²) in [6.07, 6.45) is 1.78. The first-order chi connectivity index (χ1) is 22.7. The molecule has 9 nitrogen and oxygen atoms in total. The Kier molecular flexibility index (Phi) is 9.60. The van der Waals surface area contributed by atoms with E-state index in [4.69, 9.17) is 32.8 Å². The number of benzene rings is 2. The van der Waals surface area contributed by atoms with E-state index in [-0.39, 0.29) is 47.8 Å². The van der Waals surface area contributed by atoms with Crippen molar-refractivity contribution in [2.45, 2.75) is 143 Å². The second-order valence-electron chi connectivity index (χ2n) is 17.6. The minimum absolute atomic E-state index is 0.118. The summed E-state index contributed by atoms with van der Waals surface area (Å²) in [7, 11) is -0.771. The molecule has 11 heteroatoms. The molecule has 0 unspecified atom stereocenters. The van der Waals surface area contributed by atoms with Gasteiger partial charge in [0.1, 0.15) is 25.0 Å². The quantitative estimate of drug-likeness (QED) is 0.298. The summed E-state index contributed by atoms with van der Waals surface area (Å²) in [4.78, 5) is 4.73. The number of hydrogen-bond acceptors (Lipinski definition) is 9. The van der Waals surface area contributed by atoms with E-state index >= 15 is 0 Å². The van der Waals surface area contributed by atoms with Gasteiger partial charge in [-0.2, -0.15) is 0 Å². The smallest absolute Gasteiger partial charge is 0.478 e. The highest BCUT2D eigenvalue weighted by atomic mass is 16.7. The van der Waals surface area contributed by atoms with Crippen LogP contribution in [0.25, 0.3) is 0 Å². The number of nitrogens with zero attached hydrogens (tertiary/aromatic N) is 2. The summed E-state index contributed by atoms with van der Waals surface area (Å²) in [6, 6.07) is 12.6. The van der Waals surface area contributed by atoms with Crippen molar-refractivity contribution in [3.05, 3.63) is 47.5 Å². The summed E-state index contributed by atoms with van der Waals surface area (Å²) in [5.41, 5.74) is 2.48. The number of ether oxygens (including phenoxy) is 3. The molecule has 0 saturated carbocycles. The lowest BCUT2D eigenvalue weighted by molar-refractivity contribution is -0.0599. The highest BCUT2D eigenvalue weighted by Gasteiger charge is 2.53. The van der Waals surface area contributed by atoms with Crippen LogP contribution in [0.2, 0.25) is 0 Å². The first-order valence-corrected chi connectivity index (χ1v) is 18.0. The SMILES string of the molecule is CC(C)(CCN1COc2ccc(B3OC(C)(C)C(C)(C)O3)cc2C1)OCCC(C)(C)N1COc2ccc(B3OC(C)(C)C(C)(C)O3)cc2C1. The van der Waals surface area contributed by atoms with Crippen molar-refractivity contribution in [1.29, 1.82) is 0 Å². The molecule has 2 fully saturated rings. The lowest BCUT2D eigenvalue weighted by atomic mass is 9.78. The van der Waals surface area contributed by atoms with E-state index in [0.717, 1.165) is 66.0 Å². The van der Waals surface area contributed by atoms with Gasteiger partial charge in [0, 0.05) is 42.9 Å². The maximum Gasteiger partial charge on any atom is 0.494 e. The standard InChI is InChI=1S/C38H58B2N2O7/c1-33(2,42-24-28-22-30(14-16-32(28)44-26-42)40-48-37(9,10)38(11,12)49-40)18-20-45-34(3,4)17-19-41-23-27-21-29(13-15-31(27)43-25-41)39-46-35(5,6)36(7,8)47-39/h13-16,21-22H,17-20,23-26H2,1-12H3. The second-order valence-corrected chi connectivity index (χ2v) is 17.6. The Morgan fingerprint density at radius 1 is 0.653 bits per heavy atom. The molecule has 4 aliphatic rings. The van der Waals surface area contributed by atoms with Gasteiger partial charge in [0.15, 0.2) is 0 Å². The van der Waals surface area contributed by atoms with Crippen molar-refractivity contribution in [1.82, 2.24) is 9.80 Å². The van der Waals surface area contributed by atoms with Crippen LogP contribution in [0.15, 0.2) is 36.4 Å². The topological polar surface area (TPSA) is 71.1 Å². The van der Waals surface area contributed by atoms with Gasteiger partial charge in [-0.1, -0.05) is 24.3 Å². The highest BCUT2D eigenvalue weighted by Crippen LogP contribution is 2.39. The zero-order valence-electron chi connectivity index (χ0n) is 32.0. The van der Waals surface area contributed by atoms with Gasteiger partial charge in [-0.15, -0.1) is 0 Å². The minimum atomic E-state index is -0.389. The van der Waals surface area contributed by atoms with Gasteiger partial charge in [-0.25, -0.2) is 0 Å². The largest absolute Gasteiger partial charge is 0.494 e. The summed E-state index contributed by atoms with van der Waals surface area (Å²) < 4.78 is 44.1. The van der Waals surface area contributed by atoms with Crippen LogP contribution in [0.1, 0.15) is 107 Å². The van der Waals surface area contributed by atoms with E-state index < -0.39 is 0 Å². The molecular formula is C38H58B2N2O7. The predicted molar refractivity (Wildman–Crippen MR) is 195 cm³/mol. The molecule has 0 radical (unpaired) electrons. The average Bonchev–Trinajstić information content (AvgIpc) is 3.38. The summed E-state index contributed by atoms with van der Waals surface area (Å²) in [6.45, 7) is 29.9. The van der Waals surface area contributed by atoms with Crippen molar-refractivity contribution >= 4 is 25.2 Å². The molecule has 49 heavy (non-hydrogen) atoms. The average molecular weight is 677 g/mol. The first-order valence-electron chi connectivity index (χ1n) is 18.0. The number of rotatable bonds is 10. The van der Waals surface area contributed by atoms with E-state index in [0.29, 0.717) is 20.1 Å². The van der Waals surface area contributed by atoms with Crippen molar-refractivity contribution in [2.24, 2.45) is 0 Å². The molecule has 0 aliphatic carbocycles. The molecule has 0 spiro atoms. The van der Waals surface area contributed by atoms with Gasteiger partial charge in [0.25, 0.3) is 0 Å². The van der Waals surface area contributed by atoms with E-state index in [2.05, 4.69) is 123 Å². The summed E-state index contributed by atoms with van der Waals surface area (Å²) in [5.74, 6) is 1.86. The second kappa shape index (κ2) is 12.8. The molecule has 0 amide bonds. The van der Waals surface area contributed by atoms with E-state index in [1.807, 2.05) is 6.07 Å². The van der Waals surface area contributed by atoms with Crippen LogP contribution in [0.3, 0.4) is 0 Å². The van der Waals surface area contributed by atoms with Crippen LogP contribution in [0, 0.1) is 0 Å². The zero-order valence-corrected chi connectivity index (χ0v) is 32.0. The summed E-state index contributed by atoms with van der Waals surface area (Å²) in [5, 5.41) is 0. The molecule has 4 aliphatic heterocycles. The molecule has 0 atom stereocenters. The molecule has 268 valence electrons. The predicted octanol–water partition coefficient (Wildman–Crippen LogP) is 5.64. The number of hydrogen-bond donors (Lipinski definition) is 0. The lowest BCUT2D eigenvalue weighted by Gasteiger charge is -2.42. The molecule has 4 heterocycles. The Bertz CT molecular complexity index is 1490. The first kappa shape index (κ1) is 36.7. The molecule has 2 aromatic carbocycles. The van der Waals surface area contributed by atoms with Gasteiger partial charge in [0.2, 0.25) is 0 Å². The Balaban J connectivity index is 0.987. The summed E-state index contributed by atoms with van der Waals surface area (Å²) >= 11 is 0. The highest BCUT2D eigenvalue weighted by molar-refractivity contribution is 6.62. The molecule has 0 aromatic heterocycles. The van der Waals surface area contributed by atoms with Crippen molar-refractivity contribution < 1.29 is 32.8 Å². The van der Waals surface area contributed by atoms with Crippen LogP contribution in [-0.4, -0.2) is 84.2 Å². The van der Waals surface area contributed by atoms with E-state index in [1.165, 1.54) is 0 Å². The fourth-order valence-electron chi connectivity index (χ4n) is 6.59. The van der Waals surface area contributed by atoms with Crippen LogP contribution in [-0.2, 0) is 36.4 Å². The molecule has 6 rings (SSSR count). The van der Waals surface area contributed by atoms with Gasteiger partial charge >= 0.3 is 14.2 Å². The van der Waals surface area contributed by atoms with Crippen LogP contribution >= 0.6 is 0 Å². The fourth-order valence-corrected chi connectivity index (χ4v) is 6.59. The Labute approximate surface area is 295 Å². The normalized spacial score (nSPS) is 23.2. The fraction of sp³-hybridized carbons (Fsp3) is 0.684. The molecule has 2 saturated heterocycles. The van der Waals surface area contributed by atoms with Gasteiger partial charge < -0.3 is 32.8 Å². The molecular weight excluding hydrogens is 618 g/mol. The van der Waals surface area contributed by atoms with Crippen LogP contribution in [0.4, 0.5) is 0 Å². The Hall–Kier alpha value is -2.11. The van der Waals surface area contributed by atoms with Gasteiger partial charge in [-0.3, -0.25) is 9.80 Å². The number of fused-ring (bicyclic) bond motifs is 2. The van der Waals surface area contributed by atoms with E-state index in [1.54, 1.807) is 0 Å². The third kappa shape index (κ3) is 7.59. The van der Waals surface area contributed by atoms with Crippen LogP contribution < -0.4 is 20.4 Å². The van der Waals surface area contributed by atoms with Crippen molar-refractivity contribution in [3.8, 4) is 11.5 Å². The molecule has 0 N–H and O–H groups in total. The third-order valence-electron chi connectivity index (χ3n) is 11.8. The maximum atomic E-state index is 6.54. The molecule has 2 aromatic rings. The Morgan fingerprint density at radius 3 is 1.63 bits per heavy atom. The molecule has 0 bridgehead atoms. The van der Waals surface area contributed by atoms with Crippen molar-refractivity contribution in [2.75, 3.05) is 26.6 Å². The maximum absolute atomic E-state index is 6.54. The minimum Gasteiger partial charge on any atom is -0.478 e. The zero-order chi connectivity index (χ0) is 35.6.